The molecular formula is C21H17NO2. The maximum Gasteiger partial charge on any atom is 0.336 e. The van der Waals surface area contributed by atoms with Gasteiger partial charge in [0.1, 0.15) is 0 Å². The molecule has 0 aliphatic carbocycles. The van der Waals surface area contributed by atoms with Gasteiger partial charge in [-0.2, -0.15) is 0 Å². The third-order valence-corrected chi connectivity index (χ3v) is 4.43. The van der Waals surface area contributed by atoms with Crippen LogP contribution in [0.25, 0.3) is 32.9 Å². The number of benzene rings is 3. The van der Waals surface area contributed by atoms with Crippen molar-refractivity contribution in [3.8, 4) is 11.1 Å². The van der Waals surface area contributed by atoms with E-state index in [4.69, 9.17) is 0 Å². The van der Waals surface area contributed by atoms with Crippen LogP contribution in [0.5, 0.6) is 0 Å². The SMILES string of the molecule is Cc1cccc(-c2cccc3[nH]c4cc(C)cc(C(=O)O)c4c23)c1. The molecule has 0 bridgehead atoms. The standard InChI is InChI=1S/C21H17NO2/c1-12-5-3-6-14(9-12)15-7-4-8-17-19(15)20-16(21(23)24)10-13(2)11-18(20)22-17/h3-11,22H,1-2H3,(H,23,24). The van der Waals surface area contributed by atoms with Crippen molar-refractivity contribution in [2.45, 2.75) is 13.8 Å². The molecule has 0 aliphatic heterocycles. The van der Waals surface area contributed by atoms with Gasteiger partial charge in [0.15, 0.2) is 0 Å². The Kier molecular flexibility index (Phi) is 3.17. The summed E-state index contributed by atoms with van der Waals surface area (Å²) < 4.78 is 0. The van der Waals surface area contributed by atoms with Crippen LogP contribution in [0.3, 0.4) is 0 Å². The average molecular weight is 315 g/mol. The highest BCUT2D eigenvalue weighted by Crippen LogP contribution is 2.37. The number of H-pyrrole nitrogens is 1. The molecular weight excluding hydrogens is 298 g/mol. The Morgan fingerprint density at radius 1 is 0.875 bits per heavy atom. The smallest absolute Gasteiger partial charge is 0.336 e. The van der Waals surface area contributed by atoms with Gasteiger partial charge in [-0.15, -0.1) is 0 Å². The van der Waals surface area contributed by atoms with Crippen LogP contribution in [0.1, 0.15) is 21.5 Å². The molecule has 0 radical (unpaired) electrons. The molecule has 24 heavy (non-hydrogen) atoms. The number of carbonyl (C=O) groups is 1. The predicted octanol–water partition coefficient (Wildman–Crippen LogP) is 5.30. The number of carboxylic acids is 1. The van der Waals surface area contributed by atoms with Gasteiger partial charge in [0.25, 0.3) is 0 Å². The summed E-state index contributed by atoms with van der Waals surface area (Å²) in [5.41, 5.74) is 6.42. The number of hydrogen-bond acceptors (Lipinski definition) is 1. The largest absolute Gasteiger partial charge is 0.478 e. The summed E-state index contributed by atoms with van der Waals surface area (Å²) in [6.07, 6.45) is 0. The lowest BCUT2D eigenvalue weighted by Crippen LogP contribution is -1.98. The summed E-state index contributed by atoms with van der Waals surface area (Å²) in [5, 5.41) is 11.4. The molecule has 4 rings (SSSR count). The number of aryl methyl sites for hydroxylation is 2. The molecule has 2 N–H and O–H groups in total. The Bertz CT molecular complexity index is 1110. The van der Waals surface area contributed by atoms with E-state index in [1.54, 1.807) is 6.07 Å². The van der Waals surface area contributed by atoms with E-state index in [1.165, 1.54) is 5.56 Å². The van der Waals surface area contributed by atoms with Crippen molar-refractivity contribution >= 4 is 27.8 Å². The fourth-order valence-electron chi connectivity index (χ4n) is 3.45. The molecule has 1 heterocycles. The van der Waals surface area contributed by atoms with Crippen molar-refractivity contribution in [2.24, 2.45) is 0 Å². The number of aromatic carboxylic acids is 1. The van der Waals surface area contributed by atoms with E-state index >= 15 is 0 Å². The monoisotopic (exact) mass is 315 g/mol. The van der Waals surface area contributed by atoms with Gasteiger partial charge in [-0.05, 0) is 48.7 Å². The molecule has 118 valence electrons. The normalized spacial score (nSPS) is 11.2. The lowest BCUT2D eigenvalue weighted by Gasteiger charge is -2.07. The molecule has 0 atom stereocenters. The second-order valence-electron chi connectivity index (χ2n) is 6.26. The number of carboxylic acid groups (broad SMARTS) is 1. The van der Waals surface area contributed by atoms with E-state index in [0.717, 1.165) is 38.5 Å². The van der Waals surface area contributed by atoms with Gasteiger partial charge < -0.3 is 10.1 Å². The number of aromatic amines is 1. The van der Waals surface area contributed by atoms with Crippen LogP contribution in [0.15, 0.2) is 54.6 Å². The Morgan fingerprint density at radius 3 is 2.42 bits per heavy atom. The fraction of sp³-hybridized carbons (Fsp3) is 0.0952. The molecule has 3 nitrogen and oxygen atoms in total. The van der Waals surface area contributed by atoms with E-state index in [9.17, 15) is 9.90 Å². The highest BCUT2D eigenvalue weighted by molar-refractivity contribution is 6.20. The van der Waals surface area contributed by atoms with E-state index in [0.29, 0.717) is 5.56 Å². The first-order chi connectivity index (χ1) is 11.5. The summed E-state index contributed by atoms with van der Waals surface area (Å²) in [5.74, 6) is -0.899. The zero-order valence-corrected chi connectivity index (χ0v) is 13.6. The van der Waals surface area contributed by atoms with Crippen LogP contribution in [0.4, 0.5) is 0 Å². The molecule has 1 aromatic heterocycles. The summed E-state index contributed by atoms with van der Waals surface area (Å²) in [6, 6.07) is 18.1. The Balaban J connectivity index is 2.19. The Labute approximate surface area is 139 Å². The third kappa shape index (κ3) is 2.17. The van der Waals surface area contributed by atoms with Gasteiger partial charge in [-0.3, -0.25) is 0 Å². The summed E-state index contributed by atoms with van der Waals surface area (Å²) >= 11 is 0. The van der Waals surface area contributed by atoms with Gasteiger partial charge >= 0.3 is 5.97 Å². The number of aromatic nitrogens is 1. The zero-order valence-electron chi connectivity index (χ0n) is 13.6. The van der Waals surface area contributed by atoms with Crippen molar-refractivity contribution in [2.75, 3.05) is 0 Å². The lowest BCUT2D eigenvalue weighted by molar-refractivity contribution is 0.0699. The molecule has 0 fully saturated rings. The van der Waals surface area contributed by atoms with E-state index < -0.39 is 5.97 Å². The lowest BCUT2D eigenvalue weighted by atomic mass is 9.96. The first-order valence-corrected chi connectivity index (χ1v) is 7.90. The number of hydrogen-bond donors (Lipinski definition) is 2. The second kappa shape index (κ2) is 5.24. The molecule has 0 aliphatic rings. The van der Waals surface area contributed by atoms with Gasteiger partial charge in [0.05, 0.1) is 5.56 Å². The molecule has 0 unspecified atom stereocenters. The van der Waals surface area contributed by atoms with Gasteiger partial charge in [0.2, 0.25) is 0 Å². The predicted molar refractivity (Wildman–Crippen MR) is 97.7 cm³/mol. The van der Waals surface area contributed by atoms with Crippen LogP contribution in [0, 0.1) is 13.8 Å². The number of fused-ring (bicyclic) bond motifs is 3. The molecule has 0 spiro atoms. The highest BCUT2D eigenvalue weighted by atomic mass is 16.4. The Morgan fingerprint density at radius 2 is 1.67 bits per heavy atom. The summed E-state index contributed by atoms with van der Waals surface area (Å²) in [7, 11) is 0. The van der Waals surface area contributed by atoms with E-state index in [1.807, 2.05) is 31.2 Å². The van der Waals surface area contributed by atoms with Crippen molar-refractivity contribution < 1.29 is 9.90 Å². The van der Waals surface area contributed by atoms with Crippen LogP contribution < -0.4 is 0 Å². The summed E-state index contributed by atoms with van der Waals surface area (Å²) in [4.78, 5) is 15.2. The third-order valence-electron chi connectivity index (χ3n) is 4.43. The summed E-state index contributed by atoms with van der Waals surface area (Å²) in [6.45, 7) is 3.98. The molecule has 0 saturated carbocycles. The minimum absolute atomic E-state index is 0.344. The van der Waals surface area contributed by atoms with Gasteiger partial charge in [-0.1, -0.05) is 42.0 Å². The molecule has 0 saturated heterocycles. The van der Waals surface area contributed by atoms with E-state index in [2.05, 4.69) is 36.2 Å². The van der Waals surface area contributed by atoms with Crippen LogP contribution >= 0.6 is 0 Å². The van der Waals surface area contributed by atoms with Crippen molar-refractivity contribution in [3.63, 3.8) is 0 Å². The zero-order chi connectivity index (χ0) is 16.8. The molecule has 3 aromatic carbocycles. The van der Waals surface area contributed by atoms with Crippen LogP contribution in [0.2, 0.25) is 0 Å². The first kappa shape index (κ1) is 14.5. The van der Waals surface area contributed by atoms with Crippen LogP contribution in [-0.2, 0) is 0 Å². The molecule has 0 amide bonds. The van der Waals surface area contributed by atoms with Crippen molar-refractivity contribution in [3.05, 3.63) is 71.3 Å². The van der Waals surface area contributed by atoms with Crippen molar-refractivity contribution in [1.82, 2.24) is 4.98 Å². The maximum absolute atomic E-state index is 11.8. The maximum atomic E-state index is 11.8. The average Bonchev–Trinajstić information content (AvgIpc) is 2.91. The quantitative estimate of drug-likeness (QED) is 0.527. The van der Waals surface area contributed by atoms with Crippen LogP contribution in [-0.4, -0.2) is 16.1 Å². The second-order valence-corrected chi connectivity index (χ2v) is 6.26. The highest BCUT2D eigenvalue weighted by Gasteiger charge is 2.17. The van der Waals surface area contributed by atoms with Gasteiger partial charge in [0, 0.05) is 21.8 Å². The van der Waals surface area contributed by atoms with Gasteiger partial charge in [-0.25, -0.2) is 4.79 Å². The van der Waals surface area contributed by atoms with Crippen molar-refractivity contribution in [1.29, 1.82) is 0 Å². The molecule has 3 heteroatoms. The fourth-order valence-corrected chi connectivity index (χ4v) is 3.45. The minimum Gasteiger partial charge on any atom is -0.478 e. The number of rotatable bonds is 2. The first-order valence-electron chi connectivity index (χ1n) is 7.90. The Hall–Kier alpha value is -3.07. The van der Waals surface area contributed by atoms with E-state index in [-0.39, 0.29) is 0 Å². The minimum atomic E-state index is -0.899. The molecule has 4 aromatic rings. The number of nitrogens with one attached hydrogen (secondary N) is 1. The topological polar surface area (TPSA) is 53.1 Å².